The van der Waals surface area contributed by atoms with E-state index in [1.165, 1.54) is 11.3 Å². The van der Waals surface area contributed by atoms with Crippen LogP contribution in [0.5, 0.6) is 0 Å². The number of hydrogen-bond acceptors (Lipinski definition) is 4. The molecule has 0 fully saturated rings. The number of hydrogen-bond donors (Lipinski definition) is 1. The van der Waals surface area contributed by atoms with Crippen molar-refractivity contribution in [1.82, 2.24) is 9.62 Å². The molecule has 0 aliphatic carbocycles. The van der Waals surface area contributed by atoms with Gasteiger partial charge in [-0.15, -0.1) is 17.9 Å². The number of sulfonamides is 1. The standard InChI is InChI=1S/C19H23ClN2O3S2/c1-4-11-22(13-16-7-8-18(20)26-16)19(23)9-10-21-27(24,25)17-12-14(2)5-6-15(17)3/h4-8,12,21H,1,9-11,13H2,2-3H3. The van der Waals surface area contributed by atoms with Crippen LogP contribution < -0.4 is 4.72 Å². The molecule has 5 nitrogen and oxygen atoms in total. The zero-order chi connectivity index (χ0) is 20.0. The molecule has 1 aromatic carbocycles. The van der Waals surface area contributed by atoms with Crippen molar-refractivity contribution in [2.75, 3.05) is 13.1 Å². The first-order chi connectivity index (χ1) is 12.7. The largest absolute Gasteiger partial charge is 0.334 e. The van der Waals surface area contributed by atoms with Gasteiger partial charge in [-0.1, -0.05) is 29.8 Å². The minimum atomic E-state index is -3.66. The van der Waals surface area contributed by atoms with Gasteiger partial charge in [0.1, 0.15) is 0 Å². The molecule has 0 spiro atoms. The highest BCUT2D eigenvalue weighted by Crippen LogP contribution is 2.23. The molecule has 0 saturated heterocycles. The summed E-state index contributed by atoms with van der Waals surface area (Å²) in [6, 6.07) is 8.93. The second-order valence-electron chi connectivity index (χ2n) is 6.19. The first-order valence-electron chi connectivity index (χ1n) is 8.42. The third kappa shape index (κ3) is 6.17. The van der Waals surface area contributed by atoms with Crippen LogP contribution in [0.4, 0.5) is 0 Å². The van der Waals surface area contributed by atoms with Crippen molar-refractivity contribution in [2.24, 2.45) is 0 Å². The number of carbonyl (C=O) groups is 1. The quantitative estimate of drug-likeness (QED) is 0.618. The minimum absolute atomic E-state index is 0.0351. The van der Waals surface area contributed by atoms with E-state index < -0.39 is 10.0 Å². The Bertz CT molecular complexity index is 923. The van der Waals surface area contributed by atoms with E-state index in [0.29, 0.717) is 23.0 Å². The maximum Gasteiger partial charge on any atom is 0.240 e. The molecule has 0 saturated carbocycles. The van der Waals surface area contributed by atoms with E-state index in [0.717, 1.165) is 10.4 Å². The minimum Gasteiger partial charge on any atom is -0.334 e. The lowest BCUT2D eigenvalue weighted by molar-refractivity contribution is -0.131. The summed E-state index contributed by atoms with van der Waals surface area (Å²) in [6.45, 7) is 8.11. The van der Waals surface area contributed by atoms with Crippen LogP contribution >= 0.6 is 22.9 Å². The molecule has 2 rings (SSSR count). The van der Waals surface area contributed by atoms with Gasteiger partial charge in [0.15, 0.2) is 0 Å². The summed E-state index contributed by atoms with van der Waals surface area (Å²) in [5.41, 5.74) is 1.53. The Kier molecular flexibility index (Phi) is 7.61. The van der Waals surface area contributed by atoms with Crippen molar-refractivity contribution in [2.45, 2.75) is 31.7 Å². The van der Waals surface area contributed by atoms with Gasteiger partial charge in [-0.25, -0.2) is 13.1 Å². The molecular weight excluding hydrogens is 404 g/mol. The molecule has 146 valence electrons. The maximum atomic E-state index is 12.5. The monoisotopic (exact) mass is 426 g/mol. The van der Waals surface area contributed by atoms with Crippen LogP contribution in [-0.2, 0) is 21.4 Å². The smallest absolute Gasteiger partial charge is 0.240 e. The molecule has 0 radical (unpaired) electrons. The molecule has 1 aromatic heterocycles. The molecule has 1 amide bonds. The summed E-state index contributed by atoms with van der Waals surface area (Å²) in [7, 11) is -3.66. The Morgan fingerprint density at radius 3 is 2.67 bits per heavy atom. The van der Waals surface area contributed by atoms with E-state index in [2.05, 4.69) is 11.3 Å². The van der Waals surface area contributed by atoms with Crippen molar-refractivity contribution in [3.63, 3.8) is 0 Å². The second kappa shape index (κ2) is 9.50. The zero-order valence-corrected chi connectivity index (χ0v) is 17.8. The number of thiophene rings is 1. The van der Waals surface area contributed by atoms with Crippen LogP contribution in [0.15, 0.2) is 47.9 Å². The van der Waals surface area contributed by atoms with Crippen LogP contribution in [0.1, 0.15) is 22.4 Å². The molecule has 1 heterocycles. The predicted molar refractivity (Wildman–Crippen MR) is 111 cm³/mol. The zero-order valence-electron chi connectivity index (χ0n) is 15.4. The lowest BCUT2D eigenvalue weighted by Gasteiger charge is -2.20. The third-order valence-electron chi connectivity index (χ3n) is 3.94. The van der Waals surface area contributed by atoms with E-state index in [1.807, 2.05) is 19.1 Å². The molecule has 0 bridgehead atoms. The number of nitrogens with one attached hydrogen (secondary N) is 1. The van der Waals surface area contributed by atoms with Gasteiger partial charge in [0.05, 0.1) is 15.8 Å². The fraction of sp³-hybridized carbons (Fsp3) is 0.316. The number of aryl methyl sites for hydroxylation is 2. The molecule has 1 N–H and O–H groups in total. The number of nitrogens with zero attached hydrogens (tertiary/aromatic N) is 1. The summed E-state index contributed by atoms with van der Waals surface area (Å²) in [5.74, 6) is -0.150. The number of halogens is 1. The van der Waals surface area contributed by atoms with Gasteiger partial charge in [0.2, 0.25) is 15.9 Å². The number of benzene rings is 1. The highest BCUT2D eigenvalue weighted by atomic mass is 35.5. The van der Waals surface area contributed by atoms with E-state index in [9.17, 15) is 13.2 Å². The maximum absolute atomic E-state index is 12.5. The SMILES string of the molecule is C=CCN(Cc1ccc(Cl)s1)C(=O)CCNS(=O)(=O)c1cc(C)ccc1C. The molecule has 0 aliphatic rings. The Labute approximate surface area is 169 Å². The van der Waals surface area contributed by atoms with Gasteiger partial charge in [-0.2, -0.15) is 0 Å². The van der Waals surface area contributed by atoms with Gasteiger partial charge in [-0.3, -0.25) is 4.79 Å². The Morgan fingerprint density at radius 1 is 1.30 bits per heavy atom. The summed E-state index contributed by atoms with van der Waals surface area (Å²) in [5, 5.41) is 0. The number of rotatable bonds is 9. The van der Waals surface area contributed by atoms with E-state index >= 15 is 0 Å². The van der Waals surface area contributed by atoms with Gasteiger partial charge in [-0.05, 0) is 43.2 Å². The number of amides is 1. The van der Waals surface area contributed by atoms with E-state index in [4.69, 9.17) is 11.6 Å². The van der Waals surface area contributed by atoms with E-state index in [-0.39, 0.29) is 23.8 Å². The summed E-state index contributed by atoms with van der Waals surface area (Å²) >= 11 is 7.35. The Hall–Kier alpha value is -1.67. The lowest BCUT2D eigenvalue weighted by Crippen LogP contribution is -2.34. The Balaban J connectivity index is 1.98. The summed E-state index contributed by atoms with van der Waals surface area (Å²) < 4.78 is 28.2. The first kappa shape index (κ1) is 21.6. The van der Waals surface area contributed by atoms with Crippen LogP contribution in [0.3, 0.4) is 0 Å². The third-order valence-corrected chi connectivity index (χ3v) is 6.76. The Morgan fingerprint density at radius 2 is 2.04 bits per heavy atom. The highest BCUT2D eigenvalue weighted by molar-refractivity contribution is 7.89. The van der Waals surface area contributed by atoms with Crippen LogP contribution in [-0.4, -0.2) is 32.3 Å². The molecule has 0 unspecified atom stereocenters. The van der Waals surface area contributed by atoms with Crippen molar-refractivity contribution < 1.29 is 13.2 Å². The van der Waals surface area contributed by atoms with Gasteiger partial charge >= 0.3 is 0 Å². The molecule has 0 aliphatic heterocycles. The fourth-order valence-electron chi connectivity index (χ4n) is 2.56. The molecule has 2 aromatic rings. The van der Waals surface area contributed by atoms with Crippen molar-refractivity contribution in [3.8, 4) is 0 Å². The molecule has 0 atom stereocenters. The first-order valence-corrected chi connectivity index (χ1v) is 11.1. The van der Waals surface area contributed by atoms with Crippen LogP contribution in [0, 0.1) is 13.8 Å². The average Bonchev–Trinajstić information content (AvgIpc) is 3.01. The molecule has 27 heavy (non-hydrogen) atoms. The van der Waals surface area contributed by atoms with Crippen LogP contribution in [0.2, 0.25) is 4.34 Å². The fourth-order valence-corrected chi connectivity index (χ4v) is 5.02. The normalized spacial score (nSPS) is 11.4. The van der Waals surface area contributed by atoms with Crippen molar-refractivity contribution in [3.05, 3.63) is 63.3 Å². The second-order valence-corrected chi connectivity index (χ2v) is 9.72. The summed E-state index contributed by atoms with van der Waals surface area (Å²) in [4.78, 5) is 15.3. The molecular formula is C19H23ClN2O3S2. The topological polar surface area (TPSA) is 66.5 Å². The lowest BCUT2D eigenvalue weighted by atomic mass is 10.2. The van der Waals surface area contributed by atoms with Gasteiger partial charge < -0.3 is 4.90 Å². The van der Waals surface area contributed by atoms with Crippen molar-refractivity contribution >= 4 is 38.9 Å². The molecule has 8 heteroatoms. The highest BCUT2D eigenvalue weighted by Gasteiger charge is 2.19. The van der Waals surface area contributed by atoms with Gasteiger partial charge in [0, 0.05) is 24.4 Å². The predicted octanol–water partition coefficient (Wildman–Crippen LogP) is 3.90. The van der Waals surface area contributed by atoms with Crippen molar-refractivity contribution in [1.29, 1.82) is 0 Å². The number of carbonyl (C=O) groups excluding carboxylic acids is 1. The van der Waals surface area contributed by atoms with E-state index in [1.54, 1.807) is 36.1 Å². The summed E-state index contributed by atoms with van der Waals surface area (Å²) in [6.07, 6.45) is 1.71. The van der Waals surface area contributed by atoms with Crippen LogP contribution in [0.25, 0.3) is 0 Å². The average molecular weight is 427 g/mol. The van der Waals surface area contributed by atoms with Gasteiger partial charge in [0.25, 0.3) is 0 Å².